The number of rotatable bonds is 3. The fourth-order valence-corrected chi connectivity index (χ4v) is 1.04. The number of nitrogens with zero attached hydrogens (tertiary/aromatic N) is 1. The first kappa shape index (κ1) is 13.0. The van der Waals surface area contributed by atoms with Gasteiger partial charge in [-0.05, 0) is 5.56 Å². The van der Waals surface area contributed by atoms with Gasteiger partial charge in [-0.15, -0.1) is 0 Å². The monoisotopic (exact) mass is 237 g/mol. The van der Waals surface area contributed by atoms with Crippen molar-refractivity contribution in [3.8, 4) is 0 Å². The van der Waals surface area contributed by atoms with Crippen LogP contribution in [-0.2, 0) is 20.9 Å². The van der Waals surface area contributed by atoms with Crippen molar-refractivity contribution < 1.29 is 19.1 Å². The van der Waals surface area contributed by atoms with E-state index in [1.807, 2.05) is 30.3 Å². The molecule has 0 spiro atoms. The normalized spacial score (nSPS) is 11.9. The molecule has 1 aliphatic heterocycles. The van der Waals surface area contributed by atoms with Crippen molar-refractivity contribution in [3.63, 3.8) is 0 Å². The Morgan fingerprint density at radius 2 is 1.94 bits per heavy atom. The highest BCUT2D eigenvalue weighted by Crippen LogP contribution is 2.08. The molecule has 0 unspecified atom stereocenters. The van der Waals surface area contributed by atoms with Crippen molar-refractivity contribution in [1.29, 1.82) is 0 Å². The van der Waals surface area contributed by atoms with Gasteiger partial charge in [0.1, 0.15) is 6.61 Å². The fourth-order valence-electron chi connectivity index (χ4n) is 1.04. The van der Waals surface area contributed by atoms with E-state index in [9.17, 15) is 4.79 Å². The van der Waals surface area contributed by atoms with Crippen LogP contribution in [0.2, 0.25) is 0 Å². The maximum atomic E-state index is 11.1. The minimum absolute atomic E-state index is 0.205. The number of ether oxygens (including phenoxy) is 2. The lowest BCUT2D eigenvalue weighted by Gasteiger charge is -2.04. The summed E-state index contributed by atoms with van der Waals surface area (Å²) in [5.74, 6) is 0. The van der Waals surface area contributed by atoms with Crippen LogP contribution in [0.15, 0.2) is 30.3 Å². The van der Waals surface area contributed by atoms with Gasteiger partial charge in [-0.1, -0.05) is 30.3 Å². The van der Waals surface area contributed by atoms with Crippen molar-refractivity contribution in [2.75, 3.05) is 20.2 Å². The molecule has 2 rings (SSSR count). The highest BCUT2D eigenvalue weighted by Gasteiger charge is 2.25. The number of methoxy groups -OCH3 is 1. The summed E-state index contributed by atoms with van der Waals surface area (Å²) in [6.45, 7) is 2.43. The summed E-state index contributed by atoms with van der Waals surface area (Å²) in [6, 6.07) is 9.68. The van der Waals surface area contributed by atoms with Crippen molar-refractivity contribution >= 4 is 12.6 Å². The van der Waals surface area contributed by atoms with E-state index in [0.29, 0.717) is 13.1 Å². The number of carbonyl (C=O) groups is 2. The molecule has 5 nitrogen and oxygen atoms in total. The molecule has 0 atom stereocenters. The first-order valence-corrected chi connectivity index (χ1v) is 5.20. The lowest BCUT2D eigenvalue weighted by atomic mass is 10.2. The summed E-state index contributed by atoms with van der Waals surface area (Å²) < 4.78 is 8.90. The zero-order valence-corrected chi connectivity index (χ0v) is 9.67. The van der Waals surface area contributed by atoms with Gasteiger partial charge < -0.3 is 14.4 Å². The van der Waals surface area contributed by atoms with E-state index in [0.717, 1.165) is 18.7 Å². The molecule has 1 aromatic rings. The molecule has 0 saturated carbocycles. The highest BCUT2D eigenvalue weighted by molar-refractivity contribution is 5.69. The van der Waals surface area contributed by atoms with Gasteiger partial charge in [0.25, 0.3) is 6.47 Å². The van der Waals surface area contributed by atoms with Gasteiger partial charge in [0.15, 0.2) is 0 Å². The molecule has 0 N–H and O–H groups in total. The zero-order chi connectivity index (χ0) is 12.5. The van der Waals surface area contributed by atoms with Gasteiger partial charge in [0, 0.05) is 13.1 Å². The van der Waals surface area contributed by atoms with Crippen LogP contribution in [0.4, 0.5) is 4.79 Å². The molecule has 0 aliphatic carbocycles. The van der Waals surface area contributed by atoms with Gasteiger partial charge >= 0.3 is 6.09 Å². The molecular weight excluding hydrogens is 222 g/mol. The topological polar surface area (TPSA) is 55.6 Å². The van der Waals surface area contributed by atoms with Crippen molar-refractivity contribution in [3.05, 3.63) is 35.9 Å². The molecule has 17 heavy (non-hydrogen) atoms. The Bertz CT molecular complexity index is 349. The Balaban J connectivity index is 0.000000317. The maximum Gasteiger partial charge on any atom is 0.410 e. The van der Waals surface area contributed by atoms with E-state index >= 15 is 0 Å². The van der Waals surface area contributed by atoms with Gasteiger partial charge in [-0.3, -0.25) is 4.79 Å². The second kappa shape index (κ2) is 7.27. The summed E-state index contributed by atoms with van der Waals surface area (Å²) in [4.78, 5) is 21.7. The molecule has 5 heteroatoms. The standard InChI is InChI=1S/C10H11NO2.C2H4O2/c12-10(11-6-7-11)13-8-9-4-2-1-3-5-9;1-4-2-3/h1-5H,6-8H2;2H,1H3. The molecule has 1 amide bonds. The quantitative estimate of drug-likeness (QED) is 0.589. The molecule has 92 valence electrons. The Hall–Kier alpha value is -2.04. The minimum Gasteiger partial charge on any atom is -0.471 e. The zero-order valence-electron chi connectivity index (χ0n) is 9.67. The molecule has 1 fully saturated rings. The molecule has 1 aromatic carbocycles. The van der Waals surface area contributed by atoms with Gasteiger partial charge in [-0.25, -0.2) is 4.79 Å². The van der Waals surface area contributed by atoms with Crippen LogP contribution in [0.25, 0.3) is 0 Å². The average molecular weight is 237 g/mol. The number of hydrogen-bond donors (Lipinski definition) is 0. The van der Waals surface area contributed by atoms with Crippen molar-refractivity contribution in [2.24, 2.45) is 0 Å². The van der Waals surface area contributed by atoms with Crippen molar-refractivity contribution in [1.82, 2.24) is 4.90 Å². The van der Waals surface area contributed by atoms with Crippen LogP contribution in [0.5, 0.6) is 0 Å². The van der Waals surface area contributed by atoms with E-state index in [1.165, 1.54) is 7.11 Å². The van der Waals surface area contributed by atoms with E-state index in [1.54, 1.807) is 4.90 Å². The van der Waals surface area contributed by atoms with Gasteiger partial charge in [-0.2, -0.15) is 0 Å². The number of benzene rings is 1. The van der Waals surface area contributed by atoms with Crippen LogP contribution in [0.1, 0.15) is 5.56 Å². The molecule has 1 saturated heterocycles. The van der Waals surface area contributed by atoms with Crippen molar-refractivity contribution in [2.45, 2.75) is 6.61 Å². The first-order chi connectivity index (χ1) is 8.27. The third kappa shape index (κ3) is 5.55. The van der Waals surface area contributed by atoms with Gasteiger partial charge in [0.05, 0.1) is 7.11 Å². The second-order valence-corrected chi connectivity index (χ2v) is 3.36. The first-order valence-electron chi connectivity index (χ1n) is 5.20. The number of hydrogen-bond acceptors (Lipinski definition) is 4. The summed E-state index contributed by atoms with van der Waals surface area (Å²) in [5.41, 5.74) is 1.03. The Kier molecular flexibility index (Phi) is 5.57. The summed E-state index contributed by atoms with van der Waals surface area (Å²) in [7, 11) is 1.31. The van der Waals surface area contributed by atoms with Crippen LogP contribution in [0, 0.1) is 0 Å². The Morgan fingerprint density at radius 1 is 1.35 bits per heavy atom. The predicted octanol–water partition coefficient (Wildman–Crippen LogP) is 1.43. The third-order valence-corrected chi connectivity index (χ3v) is 2.01. The maximum absolute atomic E-state index is 11.1. The largest absolute Gasteiger partial charge is 0.471 e. The van der Waals surface area contributed by atoms with Gasteiger partial charge in [0.2, 0.25) is 0 Å². The lowest BCUT2D eigenvalue weighted by Crippen LogP contribution is -2.12. The average Bonchev–Trinajstić information content (AvgIpc) is 3.22. The number of amides is 1. The predicted molar refractivity (Wildman–Crippen MR) is 61.3 cm³/mol. The summed E-state index contributed by atoms with van der Waals surface area (Å²) in [6.07, 6.45) is -0.205. The molecule has 0 aromatic heterocycles. The molecule has 0 bridgehead atoms. The molecular formula is C12H15NO4. The number of carbonyl (C=O) groups excluding carboxylic acids is 2. The fraction of sp³-hybridized carbons (Fsp3) is 0.333. The smallest absolute Gasteiger partial charge is 0.410 e. The lowest BCUT2D eigenvalue weighted by molar-refractivity contribution is -0.126. The van der Waals surface area contributed by atoms with Crippen LogP contribution < -0.4 is 0 Å². The van der Waals surface area contributed by atoms with E-state index < -0.39 is 0 Å². The molecule has 1 aliphatic rings. The van der Waals surface area contributed by atoms with E-state index in [4.69, 9.17) is 9.53 Å². The van der Waals surface area contributed by atoms with Crippen LogP contribution >= 0.6 is 0 Å². The second-order valence-electron chi connectivity index (χ2n) is 3.36. The van der Waals surface area contributed by atoms with Crippen LogP contribution in [-0.4, -0.2) is 37.7 Å². The summed E-state index contributed by atoms with van der Waals surface area (Å²) >= 11 is 0. The SMILES string of the molecule is COC=O.O=C(OCc1ccccc1)N1CC1. The third-order valence-electron chi connectivity index (χ3n) is 2.01. The van der Waals surface area contributed by atoms with E-state index in [-0.39, 0.29) is 6.09 Å². The highest BCUT2D eigenvalue weighted by atomic mass is 16.6. The molecule has 0 radical (unpaired) electrons. The Morgan fingerprint density at radius 3 is 2.41 bits per heavy atom. The van der Waals surface area contributed by atoms with E-state index in [2.05, 4.69) is 4.74 Å². The summed E-state index contributed by atoms with van der Waals surface area (Å²) in [5, 5.41) is 0. The minimum atomic E-state index is -0.205. The van der Waals surface area contributed by atoms with Crippen LogP contribution in [0.3, 0.4) is 0 Å². The molecule has 1 heterocycles. The Labute approximate surface area is 99.9 Å².